The number of nitrogens with two attached hydrogens (primary N) is 1. The number of carboxylic acid groups (broad SMARTS) is 1. The van der Waals surface area contributed by atoms with Gasteiger partial charge in [0.1, 0.15) is 6.04 Å². The summed E-state index contributed by atoms with van der Waals surface area (Å²) >= 11 is 0. The molecule has 0 bridgehead atoms. The standard InChI is InChI=1S/C7H14N2O4/c1-2-13-9-6(10)4-3-5(8)7(11)12/h5H,2-4,8H2,1H3,(H,9,10)(H,11,12). The summed E-state index contributed by atoms with van der Waals surface area (Å²) in [5, 5.41) is 8.38. The van der Waals surface area contributed by atoms with E-state index < -0.39 is 12.0 Å². The molecule has 0 fully saturated rings. The summed E-state index contributed by atoms with van der Waals surface area (Å²) in [6, 6.07) is -0.993. The molecule has 0 aromatic heterocycles. The summed E-state index contributed by atoms with van der Waals surface area (Å²) in [6.45, 7) is 2.10. The van der Waals surface area contributed by atoms with Crippen molar-refractivity contribution in [2.75, 3.05) is 6.61 Å². The van der Waals surface area contributed by atoms with Crippen LogP contribution in [0, 0.1) is 0 Å². The zero-order valence-corrected chi connectivity index (χ0v) is 7.45. The van der Waals surface area contributed by atoms with Crippen molar-refractivity contribution < 1.29 is 19.5 Å². The molecule has 0 aliphatic heterocycles. The highest BCUT2D eigenvalue weighted by molar-refractivity contribution is 5.77. The Hall–Kier alpha value is -1.14. The van der Waals surface area contributed by atoms with Crippen molar-refractivity contribution in [3.8, 4) is 0 Å². The van der Waals surface area contributed by atoms with Crippen molar-refractivity contribution in [1.82, 2.24) is 5.48 Å². The Morgan fingerprint density at radius 3 is 2.69 bits per heavy atom. The highest BCUT2D eigenvalue weighted by atomic mass is 16.6. The van der Waals surface area contributed by atoms with Crippen LogP contribution in [0.25, 0.3) is 0 Å². The van der Waals surface area contributed by atoms with Crippen molar-refractivity contribution >= 4 is 11.9 Å². The van der Waals surface area contributed by atoms with Crippen LogP contribution in [0.5, 0.6) is 0 Å². The van der Waals surface area contributed by atoms with Crippen LogP contribution in [-0.2, 0) is 14.4 Å². The Kier molecular flexibility index (Phi) is 5.82. The topological polar surface area (TPSA) is 102 Å². The number of carbonyl (C=O) groups is 2. The van der Waals surface area contributed by atoms with E-state index in [-0.39, 0.29) is 18.7 Å². The molecule has 0 spiro atoms. The second-order valence-corrected chi connectivity index (χ2v) is 2.44. The SMILES string of the molecule is CCONC(=O)CCC(N)C(=O)O. The van der Waals surface area contributed by atoms with Crippen LogP contribution in [0.4, 0.5) is 0 Å². The van der Waals surface area contributed by atoms with Crippen molar-refractivity contribution in [3.63, 3.8) is 0 Å². The second-order valence-electron chi connectivity index (χ2n) is 2.44. The number of hydrogen-bond donors (Lipinski definition) is 3. The third kappa shape index (κ3) is 6.06. The maximum atomic E-state index is 10.8. The lowest BCUT2D eigenvalue weighted by molar-refractivity contribution is -0.139. The van der Waals surface area contributed by atoms with Crippen molar-refractivity contribution in [1.29, 1.82) is 0 Å². The monoisotopic (exact) mass is 190 g/mol. The fraction of sp³-hybridized carbons (Fsp3) is 0.714. The van der Waals surface area contributed by atoms with E-state index in [0.717, 1.165) is 0 Å². The van der Waals surface area contributed by atoms with Gasteiger partial charge in [-0.15, -0.1) is 0 Å². The molecule has 1 atom stereocenters. The summed E-state index contributed by atoms with van der Waals surface area (Å²) in [5.74, 6) is -1.47. The lowest BCUT2D eigenvalue weighted by Gasteiger charge is -2.06. The molecule has 4 N–H and O–H groups in total. The van der Waals surface area contributed by atoms with Gasteiger partial charge >= 0.3 is 5.97 Å². The van der Waals surface area contributed by atoms with Crippen LogP contribution >= 0.6 is 0 Å². The Balaban J connectivity index is 3.52. The largest absolute Gasteiger partial charge is 0.480 e. The number of carboxylic acids is 1. The summed E-state index contributed by atoms with van der Waals surface area (Å²) < 4.78 is 0. The number of aliphatic carboxylic acids is 1. The number of rotatable bonds is 6. The quantitative estimate of drug-likeness (QED) is 0.478. The van der Waals surface area contributed by atoms with Gasteiger partial charge in [0, 0.05) is 6.42 Å². The lowest BCUT2D eigenvalue weighted by Crippen LogP contribution is -2.32. The van der Waals surface area contributed by atoms with Crippen LogP contribution < -0.4 is 11.2 Å². The predicted molar refractivity (Wildman–Crippen MR) is 44.6 cm³/mol. The third-order valence-electron chi connectivity index (χ3n) is 1.33. The van der Waals surface area contributed by atoms with E-state index in [0.29, 0.717) is 6.61 Å². The average molecular weight is 190 g/mol. The highest BCUT2D eigenvalue weighted by Gasteiger charge is 2.12. The molecule has 0 aliphatic carbocycles. The van der Waals surface area contributed by atoms with Gasteiger partial charge in [-0.1, -0.05) is 0 Å². The summed E-state index contributed by atoms with van der Waals surface area (Å²) in [5.41, 5.74) is 7.31. The average Bonchev–Trinajstić information content (AvgIpc) is 2.10. The minimum absolute atomic E-state index is 0.0491. The first-order valence-electron chi connectivity index (χ1n) is 3.97. The minimum atomic E-state index is -1.11. The molecule has 0 rings (SSSR count). The van der Waals surface area contributed by atoms with Gasteiger partial charge in [0.05, 0.1) is 6.61 Å². The van der Waals surface area contributed by atoms with E-state index in [1.54, 1.807) is 6.92 Å². The molecule has 6 nitrogen and oxygen atoms in total. The van der Waals surface area contributed by atoms with Gasteiger partial charge in [0.15, 0.2) is 0 Å². The summed E-state index contributed by atoms with van der Waals surface area (Å²) in [4.78, 5) is 25.7. The first-order valence-corrected chi connectivity index (χ1v) is 3.97. The van der Waals surface area contributed by atoms with Gasteiger partial charge in [-0.3, -0.25) is 14.4 Å². The maximum absolute atomic E-state index is 10.8. The van der Waals surface area contributed by atoms with E-state index in [4.69, 9.17) is 10.8 Å². The van der Waals surface area contributed by atoms with E-state index >= 15 is 0 Å². The zero-order valence-electron chi connectivity index (χ0n) is 7.45. The molecule has 0 aromatic carbocycles. The fourth-order valence-corrected chi connectivity index (χ4v) is 0.614. The van der Waals surface area contributed by atoms with Crippen molar-refractivity contribution in [2.24, 2.45) is 5.73 Å². The predicted octanol–water partition coefficient (Wildman–Crippen LogP) is -0.754. The Morgan fingerprint density at radius 1 is 1.62 bits per heavy atom. The first kappa shape index (κ1) is 11.9. The van der Waals surface area contributed by atoms with Crippen LogP contribution in [0.2, 0.25) is 0 Å². The molecule has 0 saturated carbocycles. The van der Waals surface area contributed by atoms with E-state index in [1.807, 2.05) is 0 Å². The molecule has 0 aromatic rings. The number of carbonyl (C=O) groups excluding carboxylic acids is 1. The van der Waals surface area contributed by atoms with Gasteiger partial charge in [0.2, 0.25) is 5.91 Å². The molecular weight excluding hydrogens is 176 g/mol. The normalized spacial score (nSPS) is 12.2. The van der Waals surface area contributed by atoms with Crippen LogP contribution in [0.3, 0.4) is 0 Å². The first-order chi connectivity index (χ1) is 6.07. The van der Waals surface area contributed by atoms with Gasteiger partial charge in [-0.25, -0.2) is 5.48 Å². The smallest absolute Gasteiger partial charge is 0.320 e. The van der Waals surface area contributed by atoms with Gasteiger partial charge in [-0.05, 0) is 13.3 Å². The highest BCUT2D eigenvalue weighted by Crippen LogP contribution is 1.94. The van der Waals surface area contributed by atoms with Crippen molar-refractivity contribution in [3.05, 3.63) is 0 Å². The lowest BCUT2D eigenvalue weighted by atomic mass is 10.2. The summed E-state index contributed by atoms with van der Waals surface area (Å²) in [7, 11) is 0. The molecule has 1 amide bonds. The van der Waals surface area contributed by atoms with Gasteiger partial charge < -0.3 is 10.8 Å². The van der Waals surface area contributed by atoms with Crippen LogP contribution in [-0.4, -0.2) is 29.6 Å². The summed E-state index contributed by atoms with van der Waals surface area (Å²) in [6.07, 6.45) is 0.154. The van der Waals surface area contributed by atoms with Crippen LogP contribution in [0.15, 0.2) is 0 Å². The molecule has 6 heteroatoms. The Labute approximate surface area is 76.0 Å². The Bertz CT molecular complexity index is 183. The number of hydroxylamine groups is 1. The third-order valence-corrected chi connectivity index (χ3v) is 1.33. The molecule has 0 saturated heterocycles. The molecule has 0 radical (unpaired) electrons. The number of amides is 1. The maximum Gasteiger partial charge on any atom is 0.320 e. The van der Waals surface area contributed by atoms with E-state index in [1.165, 1.54) is 0 Å². The van der Waals surface area contributed by atoms with Gasteiger partial charge in [0.25, 0.3) is 0 Å². The van der Waals surface area contributed by atoms with Gasteiger partial charge in [-0.2, -0.15) is 0 Å². The second kappa shape index (κ2) is 6.38. The molecule has 0 aliphatic rings. The zero-order chi connectivity index (χ0) is 10.3. The fourth-order valence-electron chi connectivity index (χ4n) is 0.614. The van der Waals surface area contributed by atoms with Crippen LogP contribution in [0.1, 0.15) is 19.8 Å². The molecule has 76 valence electrons. The number of nitrogens with one attached hydrogen (secondary N) is 1. The molecule has 1 unspecified atom stereocenters. The van der Waals surface area contributed by atoms with Crippen molar-refractivity contribution in [2.45, 2.75) is 25.8 Å². The molecule has 13 heavy (non-hydrogen) atoms. The minimum Gasteiger partial charge on any atom is -0.480 e. The molecular formula is C7H14N2O4. The van der Waals surface area contributed by atoms with E-state index in [2.05, 4.69) is 10.3 Å². The van der Waals surface area contributed by atoms with E-state index in [9.17, 15) is 9.59 Å². The Morgan fingerprint density at radius 2 is 2.23 bits per heavy atom. The molecule has 0 heterocycles. The number of hydrogen-bond acceptors (Lipinski definition) is 4.